The number of benzene rings is 2. The third kappa shape index (κ3) is 3.44. The molecule has 0 spiro atoms. The number of phenols is 1. The molecular formula is C23H23F4N3O2. The molecule has 3 N–H and O–H groups in total. The average molecular weight is 449 g/mol. The lowest BCUT2D eigenvalue weighted by atomic mass is 9.69. The van der Waals surface area contributed by atoms with Crippen molar-refractivity contribution in [3.05, 3.63) is 59.3 Å². The van der Waals surface area contributed by atoms with Crippen molar-refractivity contribution in [1.29, 1.82) is 0 Å². The Labute approximate surface area is 182 Å². The molecule has 0 aliphatic heterocycles. The van der Waals surface area contributed by atoms with E-state index in [-0.39, 0.29) is 17.5 Å². The highest BCUT2D eigenvalue weighted by Crippen LogP contribution is 2.55. The lowest BCUT2D eigenvalue weighted by Crippen LogP contribution is -2.55. The molecule has 1 heterocycles. The lowest BCUT2D eigenvalue weighted by Gasteiger charge is -2.45. The molecule has 0 radical (unpaired) electrons. The number of rotatable bonds is 4. The van der Waals surface area contributed by atoms with Gasteiger partial charge in [0.1, 0.15) is 5.82 Å². The SMILES string of the molecule is CCc1ncc2c(NC3c4ccc(F)c(O)c4C(CC)C[C@]3(O)C(F)(F)F)cccc2n1. The number of aromatic nitrogens is 2. The second kappa shape index (κ2) is 7.88. The third-order valence-electron chi connectivity index (χ3n) is 6.23. The van der Waals surface area contributed by atoms with Crippen LogP contribution in [0, 0.1) is 5.82 Å². The fraction of sp³-hybridized carbons (Fsp3) is 0.391. The fourth-order valence-electron chi connectivity index (χ4n) is 4.50. The second-order valence-corrected chi connectivity index (χ2v) is 8.09. The van der Waals surface area contributed by atoms with Crippen LogP contribution in [0.5, 0.6) is 5.75 Å². The Bertz CT molecular complexity index is 1170. The monoisotopic (exact) mass is 449 g/mol. The average Bonchev–Trinajstić information content (AvgIpc) is 2.76. The number of alkyl halides is 3. The molecule has 9 heteroatoms. The molecule has 3 aromatic rings. The summed E-state index contributed by atoms with van der Waals surface area (Å²) >= 11 is 0. The molecule has 0 amide bonds. The topological polar surface area (TPSA) is 78.3 Å². The summed E-state index contributed by atoms with van der Waals surface area (Å²) in [7, 11) is 0. The summed E-state index contributed by atoms with van der Waals surface area (Å²) in [5, 5.41) is 24.7. The van der Waals surface area contributed by atoms with Gasteiger partial charge in [-0.25, -0.2) is 14.4 Å². The normalized spacial score (nSPS) is 23.2. The van der Waals surface area contributed by atoms with E-state index in [4.69, 9.17) is 0 Å². The van der Waals surface area contributed by atoms with Crippen molar-refractivity contribution < 1.29 is 27.8 Å². The van der Waals surface area contributed by atoms with Gasteiger partial charge in [-0.2, -0.15) is 13.2 Å². The molecule has 1 aliphatic carbocycles. The first-order valence-corrected chi connectivity index (χ1v) is 10.4. The van der Waals surface area contributed by atoms with Gasteiger partial charge < -0.3 is 15.5 Å². The zero-order valence-electron chi connectivity index (χ0n) is 17.5. The Morgan fingerprint density at radius 2 is 1.94 bits per heavy atom. The van der Waals surface area contributed by atoms with E-state index in [1.165, 1.54) is 12.3 Å². The molecule has 2 aromatic carbocycles. The van der Waals surface area contributed by atoms with Gasteiger partial charge in [-0.05, 0) is 42.5 Å². The minimum Gasteiger partial charge on any atom is -0.505 e. The van der Waals surface area contributed by atoms with Crippen LogP contribution in [0.2, 0.25) is 0 Å². The summed E-state index contributed by atoms with van der Waals surface area (Å²) in [5.74, 6) is -1.87. The molecule has 3 atom stereocenters. The number of fused-ring (bicyclic) bond motifs is 2. The highest BCUT2D eigenvalue weighted by Gasteiger charge is 2.62. The van der Waals surface area contributed by atoms with Gasteiger partial charge in [0, 0.05) is 29.3 Å². The highest BCUT2D eigenvalue weighted by atomic mass is 19.4. The van der Waals surface area contributed by atoms with E-state index in [1.807, 2.05) is 6.92 Å². The van der Waals surface area contributed by atoms with Crippen LogP contribution in [-0.4, -0.2) is 32.0 Å². The molecule has 170 valence electrons. The number of hydrogen-bond donors (Lipinski definition) is 3. The van der Waals surface area contributed by atoms with Gasteiger partial charge in [0.15, 0.2) is 17.2 Å². The summed E-state index contributed by atoms with van der Waals surface area (Å²) in [6.07, 6.45) is -3.37. The number of nitrogens with one attached hydrogen (secondary N) is 1. The van der Waals surface area contributed by atoms with Gasteiger partial charge in [-0.3, -0.25) is 0 Å². The molecule has 1 aliphatic rings. The van der Waals surface area contributed by atoms with Crippen molar-refractivity contribution in [1.82, 2.24) is 9.97 Å². The molecule has 5 nitrogen and oxygen atoms in total. The van der Waals surface area contributed by atoms with Crippen LogP contribution in [-0.2, 0) is 6.42 Å². The minimum absolute atomic E-state index is 0.00456. The van der Waals surface area contributed by atoms with Crippen molar-refractivity contribution >= 4 is 16.6 Å². The van der Waals surface area contributed by atoms with Crippen LogP contribution in [0.1, 0.15) is 55.6 Å². The van der Waals surface area contributed by atoms with Gasteiger partial charge in [0.25, 0.3) is 0 Å². The van der Waals surface area contributed by atoms with Gasteiger partial charge in [-0.1, -0.05) is 26.0 Å². The van der Waals surface area contributed by atoms with Crippen LogP contribution < -0.4 is 5.32 Å². The number of aryl methyl sites for hydroxylation is 1. The molecular weight excluding hydrogens is 426 g/mol. The zero-order chi connectivity index (χ0) is 23.3. The van der Waals surface area contributed by atoms with Crippen LogP contribution in [0.15, 0.2) is 36.5 Å². The van der Waals surface area contributed by atoms with Crippen molar-refractivity contribution in [3.63, 3.8) is 0 Å². The van der Waals surface area contributed by atoms with Gasteiger partial charge in [0.05, 0.1) is 11.6 Å². The van der Waals surface area contributed by atoms with E-state index >= 15 is 0 Å². The number of aliphatic hydroxyl groups is 1. The summed E-state index contributed by atoms with van der Waals surface area (Å²) in [6.45, 7) is 3.53. The van der Waals surface area contributed by atoms with Crippen LogP contribution in [0.25, 0.3) is 10.9 Å². The first kappa shape index (κ1) is 22.3. The molecule has 0 saturated carbocycles. The molecule has 0 saturated heterocycles. The maximum absolute atomic E-state index is 14.2. The Morgan fingerprint density at radius 1 is 1.19 bits per heavy atom. The smallest absolute Gasteiger partial charge is 0.419 e. The Balaban J connectivity index is 1.91. The largest absolute Gasteiger partial charge is 0.505 e. The summed E-state index contributed by atoms with van der Waals surface area (Å²) in [6, 6.07) is 5.37. The van der Waals surface area contributed by atoms with Crippen molar-refractivity contribution in [2.45, 2.75) is 56.8 Å². The summed E-state index contributed by atoms with van der Waals surface area (Å²) < 4.78 is 56.8. The van der Waals surface area contributed by atoms with Crippen LogP contribution >= 0.6 is 0 Å². The minimum atomic E-state index is -4.98. The van der Waals surface area contributed by atoms with E-state index in [9.17, 15) is 27.8 Å². The molecule has 1 aromatic heterocycles. The number of halogens is 4. The standard InChI is InChI=1S/C23H23F4N3O2/c1-3-12-10-22(32,23(25,26)27)21(13-8-9-15(24)20(31)19(12)13)30-17-7-5-6-16-14(17)11-28-18(4-2)29-16/h5-9,11-12,21,30-32H,3-4,10H2,1-2H3/t12?,21?,22-/m1/s1. The molecule has 2 unspecified atom stereocenters. The molecule has 4 rings (SSSR count). The number of nitrogens with zero attached hydrogens (tertiary/aromatic N) is 2. The number of hydrogen-bond acceptors (Lipinski definition) is 5. The second-order valence-electron chi connectivity index (χ2n) is 8.09. The summed E-state index contributed by atoms with van der Waals surface area (Å²) in [4.78, 5) is 8.64. The highest BCUT2D eigenvalue weighted by molar-refractivity contribution is 5.91. The van der Waals surface area contributed by atoms with E-state index in [0.29, 0.717) is 28.8 Å². The van der Waals surface area contributed by atoms with Gasteiger partial charge in [0.2, 0.25) is 0 Å². The first-order valence-electron chi connectivity index (χ1n) is 10.4. The van der Waals surface area contributed by atoms with Crippen LogP contribution in [0.3, 0.4) is 0 Å². The van der Waals surface area contributed by atoms with E-state index in [1.54, 1.807) is 25.1 Å². The predicted molar refractivity (Wildman–Crippen MR) is 112 cm³/mol. The number of aromatic hydroxyl groups is 1. The van der Waals surface area contributed by atoms with Crippen molar-refractivity contribution in [3.8, 4) is 5.75 Å². The van der Waals surface area contributed by atoms with E-state index in [0.717, 1.165) is 6.07 Å². The van der Waals surface area contributed by atoms with Crippen LogP contribution in [0.4, 0.5) is 23.2 Å². The van der Waals surface area contributed by atoms with E-state index < -0.39 is 41.7 Å². The van der Waals surface area contributed by atoms with Crippen molar-refractivity contribution in [2.75, 3.05) is 5.32 Å². The third-order valence-corrected chi connectivity index (χ3v) is 6.23. The van der Waals surface area contributed by atoms with E-state index in [2.05, 4.69) is 15.3 Å². The Hall–Kier alpha value is -2.94. The van der Waals surface area contributed by atoms with Gasteiger partial charge >= 0.3 is 6.18 Å². The lowest BCUT2D eigenvalue weighted by molar-refractivity contribution is -0.272. The predicted octanol–water partition coefficient (Wildman–Crippen LogP) is 5.38. The molecule has 0 fully saturated rings. The maximum atomic E-state index is 14.2. The zero-order valence-corrected chi connectivity index (χ0v) is 17.5. The summed E-state index contributed by atoms with van der Waals surface area (Å²) in [5.41, 5.74) is -2.21. The Kier molecular flexibility index (Phi) is 5.48. The first-order chi connectivity index (χ1) is 15.1. The quantitative estimate of drug-likeness (QED) is 0.466. The fourth-order valence-corrected chi connectivity index (χ4v) is 4.50. The van der Waals surface area contributed by atoms with Gasteiger partial charge in [-0.15, -0.1) is 0 Å². The maximum Gasteiger partial charge on any atom is 0.419 e. The Morgan fingerprint density at radius 3 is 2.59 bits per heavy atom. The molecule has 0 bridgehead atoms. The van der Waals surface area contributed by atoms with Crippen molar-refractivity contribution in [2.24, 2.45) is 0 Å². The number of anilines is 1. The molecule has 32 heavy (non-hydrogen) atoms. The number of phenolic OH excluding ortho intramolecular Hbond substituents is 1.